The van der Waals surface area contributed by atoms with E-state index in [-0.39, 0.29) is 11.2 Å². The van der Waals surface area contributed by atoms with Gasteiger partial charge in [0, 0.05) is 5.41 Å². The molecule has 2 aliphatic rings. The first kappa shape index (κ1) is 10.4. The summed E-state index contributed by atoms with van der Waals surface area (Å²) in [6.45, 7) is 13.0. The fourth-order valence-electron chi connectivity index (χ4n) is 1.82. The van der Waals surface area contributed by atoms with E-state index in [9.17, 15) is 0 Å². The van der Waals surface area contributed by atoms with Gasteiger partial charge in [0.1, 0.15) is 0 Å². The normalized spacial score (nSPS) is 28.8. The molecule has 3 heteroatoms. The first-order valence-electron chi connectivity index (χ1n) is 5.27. The van der Waals surface area contributed by atoms with Crippen molar-refractivity contribution in [3.8, 4) is 0 Å². The third-order valence-corrected chi connectivity index (χ3v) is 4.90. The van der Waals surface area contributed by atoms with Gasteiger partial charge in [0.05, 0.1) is 21.3 Å². The Morgan fingerprint density at radius 3 is 2.00 bits per heavy atom. The summed E-state index contributed by atoms with van der Waals surface area (Å²) in [5, 5.41) is 1.43. The Labute approximate surface area is 87.3 Å². The third-order valence-electron chi connectivity index (χ3n) is 2.79. The van der Waals surface area contributed by atoms with Gasteiger partial charge in [0.25, 0.3) is 0 Å². The van der Waals surface area contributed by atoms with E-state index in [0.717, 1.165) is 13.2 Å². The molecule has 1 saturated heterocycles. The number of hydrogen-bond acceptors (Lipinski definition) is 2. The highest BCUT2D eigenvalue weighted by Gasteiger charge is 2.55. The van der Waals surface area contributed by atoms with Gasteiger partial charge >= 0.3 is 0 Å². The second-order valence-corrected chi connectivity index (χ2v) is 11.3. The molecule has 0 saturated carbocycles. The highest BCUT2D eigenvalue weighted by Crippen LogP contribution is 2.48. The molecular weight excluding hydrogens is 192 g/mol. The molecule has 1 heterocycles. The van der Waals surface area contributed by atoms with Crippen molar-refractivity contribution in [1.29, 1.82) is 0 Å². The number of ether oxygens (including phenoxy) is 2. The lowest BCUT2D eigenvalue weighted by molar-refractivity contribution is -0.228. The van der Waals surface area contributed by atoms with Crippen LogP contribution in [0.4, 0.5) is 0 Å². The van der Waals surface area contributed by atoms with E-state index in [1.54, 1.807) is 0 Å². The molecule has 0 unspecified atom stereocenters. The van der Waals surface area contributed by atoms with Crippen molar-refractivity contribution in [2.45, 2.75) is 39.3 Å². The minimum atomic E-state index is -1.22. The lowest BCUT2D eigenvalue weighted by atomic mass is 9.95. The van der Waals surface area contributed by atoms with Crippen LogP contribution >= 0.6 is 0 Å². The van der Waals surface area contributed by atoms with Crippen LogP contribution < -0.4 is 0 Å². The van der Waals surface area contributed by atoms with Crippen LogP contribution in [0.1, 0.15) is 13.8 Å². The molecule has 2 rings (SSSR count). The van der Waals surface area contributed by atoms with Crippen LogP contribution in [-0.2, 0) is 9.47 Å². The quantitative estimate of drug-likeness (QED) is 0.622. The Kier molecular flexibility index (Phi) is 2.01. The van der Waals surface area contributed by atoms with E-state index in [1.165, 1.54) is 5.20 Å². The maximum Gasteiger partial charge on any atom is 0.207 e. The summed E-state index contributed by atoms with van der Waals surface area (Å²) in [4.78, 5) is 0. The second-order valence-electron chi connectivity index (χ2n) is 6.22. The predicted molar refractivity (Wildman–Crippen MR) is 59.8 cm³/mol. The maximum atomic E-state index is 5.85. The van der Waals surface area contributed by atoms with Crippen LogP contribution in [0.25, 0.3) is 0 Å². The van der Waals surface area contributed by atoms with Crippen LogP contribution in [0.2, 0.25) is 19.6 Å². The minimum Gasteiger partial charge on any atom is -0.343 e. The predicted octanol–water partition coefficient (Wildman–Crippen LogP) is 2.57. The standard InChI is InChI=1S/C11H20O2Si/c1-10(2)7-12-11(13-8-10)6-9(11)14(3,4)5/h6H,7-8H2,1-5H3. The van der Waals surface area contributed by atoms with Crippen molar-refractivity contribution in [1.82, 2.24) is 0 Å². The van der Waals surface area contributed by atoms with E-state index < -0.39 is 8.07 Å². The zero-order valence-corrected chi connectivity index (χ0v) is 10.8. The molecule has 1 fully saturated rings. The molecule has 80 valence electrons. The molecule has 0 aromatic rings. The SMILES string of the molecule is CC1(C)COC2(C=C2[Si](C)(C)C)OC1. The van der Waals surface area contributed by atoms with Gasteiger partial charge in [0.2, 0.25) is 5.79 Å². The van der Waals surface area contributed by atoms with Crippen molar-refractivity contribution in [2.24, 2.45) is 5.41 Å². The fourth-order valence-corrected chi connectivity index (χ4v) is 3.63. The average molecular weight is 212 g/mol. The number of rotatable bonds is 1. The molecule has 0 atom stereocenters. The Hall–Kier alpha value is -0.123. The highest BCUT2D eigenvalue weighted by atomic mass is 28.3. The van der Waals surface area contributed by atoms with Gasteiger partial charge in [-0.15, -0.1) is 0 Å². The van der Waals surface area contributed by atoms with Crippen LogP contribution in [0.15, 0.2) is 11.3 Å². The lowest BCUT2D eigenvalue weighted by Gasteiger charge is -2.37. The van der Waals surface area contributed by atoms with E-state index in [1.807, 2.05) is 0 Å². The first-order chi connectivity index (χ1) is 6.25. The zero-order chi connectivity index (χ0) is 10.6. The van der Waals surface area contributed by atoms with Crippen molar-refractivity contribution in [3.63, 3.8) is 0 Å². The molecule has 0 aromatic carbocycles. The summed E-state index contributed by atoms with van der Waals surface area (Å²) in [6.07, 6.45) is 2.18. The lowest BCUT2D eigenvalue weighted by Crippen LogP contribution is -2.43. The van der Waals surface area contributed by atoms with Crippen LogP contribution in [0.5, 0.6) is 0 Å². The van der Waals surface area contributed by atoms with Crippen LogP contribution in [-0.4, -0.2) is 27.1 Å². The minimum absolute atomic E-state index is 0.173. The highest BCUT2D eigenvalue weighted by molar-refractivity contribution is 6.84. The zero-order valence-electron chi connectivity index (χ0n) is 9.81. The van der Waals surface area contributed by atoms with Gasteiger partial charge in [-0.25, -0.2) is 0 Å². The van der Waals surface area contributed by atoms with E-state index in [2.05, 4.69) is 39.6 Å². The average Bonchev–Trinajstić information content (AvgIpc) is 2.72. The summed E-state index contributed by atoms with van der Waals surface area (Å²) in [7, 11) is -1.22. The molecule has 0 N–H and O–H groups in total. The van der Waals surface area contributed by atoms with Crippen LogP contribution in [0.3, 0.4) is 0 Å². The summed E-state index contributed by atoms with van der Waals surface area (Å²) in [6, 6.07) is 0. The number of hydrogen-bond donors (Lipinski definition) is 0. The van der Waals surface area contributed by atoms with Gasteiger partial charge in [0.15, 0.2) is 0 Å². The molecule has 0 aromatic heterocycles. The molecule has 1 aliphatic carbocycles. The van der Waals surface area contributed by atoms with Gasteiger partial charge in [-0.1, -0.05) is 33.5 Å². The third kappa shape index (κ3) is 1.69. The van der Waals surface area contributed by atoms with E-state index >= 15 is 0 Å². The Balaban J connectivity index is 2.00. The smallest absolute Gasteiger partial charge is 0.207 e. The van der Waals surface area contributed by atoms with Crippen LogP contribution in [0, 0.1) is 5.41 Å². The fraction of sp³-hybridized carbons (Fsp3) is 0.818. The molecule has 0 amide bonds. The second kappa shape index (κ2) is 2.71. The topological polar surface area (TPSA) is 18.5 Å². The van der Waals surface area contributed by atoms with Crippen molar-refractivity contribution >= 4 is 8.07 Å². The molecule has 1 aliphatic heterocycles. The maximum absolute atomic E-state index is 5.85. The monoisotopic (exact) mass is 212 g/mol. The first-order valence-corrected chi connectivity index (χ1v) is 8.77. The van der Waals surface area contributed by atoms with Gasteiger partial charge in [-0.05, 0) is 11.3 Å². The molecular formula is C11H20O2Si. The van der Waals surface area contributed by atoms with Gasteiger partial charge in [-0.2, -0.15) is 0 Å². The molecule has 0 bridgehead atoms. The summed E-state index contributed by atoms with van der Waals surface area (Å²) < 4.78 is 11.7. The Morgan fingerprint density at radius 2 is 1.64 bits per heavy atom. The van der Waals surface area contributed by atoms with Crippen molar-refractivity contribution < 1.29 is 9.47 Å². The van der Waals surface area contributed by atoms with E-state index in [0.29, 0.717) is 0 Å². The largest absolute Gasteiger partial charge is 0.343 e. The van der Waals surface area contributed by atoms with Gasteiger partial charge in [-0.3, -0.25) is 0 Å². The van der Waals surface area contributed by atoms with Crippen molar-refractivity contribution in [2.75, 3.05) is 13.2 Å². The Morgan fingerprint density at radius 1 is 1.14 bits per heavy atom. The molecule has 1 spiro atoms. The van der Waals surface area contributed by atoms with Crippen molar-refractivity contribution in [3.05, 3.63) is 11.3 Å². The van der Waals surface area contributed by atoms with E-state index in [4.69, 9.17) is 9.47 Å². The summed E-state index contributed by atoms with van der Waals surface area (Å²) in [5.74, 6) is -0.361. The van der Waals surface area contributed by atoms with Gasteiger partial charge < -0.3 is 9.47 Å². The molecule has 14 heavy (non-hydrogen) atoms. The summed E-state index contributed by atoms with van der Waals surface area (Å²) >= 11 is 0. The summed E-state index contributed by atoms with van der Waals surface area (Å²) in [5.41, 5.74) is 0.173. The molecule has 0 radical (unpaired) electrons. The molecule has 2 nitrogen and oxygen atoms in total. The Bertz CT molecular complexity index is 276.